The Morgan fingerprint density at radius 2 is 1.68 bits per heavy atom. The van der Waals surface area contributed by atoms with Crippen molar-refractivity contribution in [2.75, 3.05) is 13.2 Å². The molecule has 1 aliphatic rings. The Morgan fingerprint density at radius 1 is 1.11 bits per heavy atom. The van der Waals surface area contributed by atoms with Crippen LogP contribution >= 0.6 is 15.6 Å². The van der Waals surface area contributed by atoms with E-state index in [-0.39, 0.29) is 6.29 Å². The minimum atomic E-state index is -5.36. The van der Waals surface area contributed by atoms with Crippen LogP contribution in [0.25, 0.3) is 0 Å². The van der Waals surface area contributed by atoms with E-state index in [1.807, 2.05) is 0 Å². The summed E-state index contributed by atoms with van der Waals surface area (Å²) in [6.07, 6.45) is -13.3. The van der Waals surface area contributed by atoms with Crippen LogP contribution in [-0.4, -0.2) is 122 Å². The highest BCUT2D eigenvalue weighted by Crippen LogP contribution is 2.57. The van der Waals surface area contributed by atoms with Gasteiger partial charge in [-0.3, -0.25) is 18.9 Å². The van der Waals surface area contributed by atoms with Gasteiger partial charge in [-0.2, -0.15) is 8.70 Å². The minimum Gasteiger partial charge on any atom is -0.394 e. The van der Waals surface area contributed by atoms with E-state index in [1.165, 1.54) is 0 Å². The van der Waals surface area contributed by atoms with Crippen LogP contribution in [0.5, 0.6) is 0 Å². The zero-order valence-electron chi connectivity index (χ0n) is 18.6. The number of carbonyl (C=O) groups is 1. The summed E-state index contributed by atoms with van der Waals surface area (Å²) in [6, 6.07) is 0. The molecule has 1 saturated heterocycles. The number of aromatic nitrogens is 2. The molecule has 38 heavy (non-hydrogen) atoms. The number of phosphoric ester groups is 1. The maximum Gasteiger partial charge on any atom is 0.481 e. The standard InChI is InChI=1S/C9H13FN2O12P2.C6H12O6/c10-3-1-12(9(16)11-7(3)15)8-6(14)5(13)4(23-8)2-22-26(20,21)24-25(17,18)19;7-1-3(9)5(11)6(12)4(10)2-8/h1,4-6,8,13-14H,2H2,(H,20,21)(H,11,15,16)(H2,17,18,19);1,3-6,8-12H,2H2. The van der Waals surface area contributed by atoms with Crippen LogP contribution in [0, 0.1) is 5.82 Å². The summed E-state index contributed by atoms with van der Waals surface area (Å²) in [4.78, 5) is 60.2. The van der Waals surface area contributed by atoms with Crippen molar-refractivity contribution in [1.82, 2.24) is 9.55 Å². The molecule has 0 radical (unpaired) electrons. The van der Waals surface area contributed by atoms with E-state index >= 15 is 0 Å². The van der Waals surface area contributed by atoms with Crippen molar-refractivity contribution in [3.05, 3.63) is 32.9 Å². The predicted molar refractivity (Wildman–Crippen MR) is 113 cm³/mol. The summed E-state index contributed by atoms with van der Waals surface area (Å²) < 4.78 is 48.4. The number of nitrogens with one attached hydrogen (secondary N) is 1. The summed E-state index contributed by atoms with van der Waals surface area (Å²) in [5.41, 5.74) is -2.50. The molecule has 1 aromatic heterocycles. The van der Waals surface area contributed by atoms with Crippen LogP contribution in [0.15, 0.2) is 15.8 Å². The largest absolute Gasteiger partial charge is 0.481 e. The number of rotatable bonds is 11. The first kappa shape index (κ1) is 34.2. The second-order valence-corrected chi connectivity index (χ2v) is 10.2. The van der Waals surface area contributed by atoms with Gasteiger partial charge in [0.2, 0.25) is 5.82 Å². The second-order valence-electron chi connectivity index (χ2n) is 7.38. The summed E-state index contributed by atoms with van der Waals surface area (Å²) in [5, 5.41) is 63.3. The molecule has 1 aliphatic heterocycles. The highest BCUT2D eigenvalue weighted by atomic mass is 31.3. The molecular weight excluding hydrogens is 577 g/mol. The molecule has 0 saturated carbocycles. The number of nitrogens with zero attached hydrogens (tertiary/aromatic N) is 1. The fraction of sp³-hybridized carbons (Fsp3) is 0.667. The van der Waals surface area contributed by atoms with Gasteiger partial charge < -0.3 is 60.0 Å². The van der Waals surface area contributed by atoms with Gasteiger partial charge in [0.1, 0.15) is 42.7 Å². The number of aromatic amines is 1. The number of aldehydes is 1. The van der Waals surface area contributed by atoms with Crippen molar-refractivity contribution in [1.29, 1.82) is 0 Å². The molecule has 20 nitrogen and oxygen atoms in total. The van der Waals surface area contributed by atoms with E-state index in [0.29, 0.717) is 10.8 Å². The lowest BCUT2D eigenvalue weighted by Crippen LogP contribution is -2.46. The van der Waals surface area contributed by atoms with Gasteiger partial charge in [0.25, 0.3) is 5.56 Å². The zero-order chi connectivity index (χ0) is 29.6. The van der Waals surface area contributed by atoms with E-state index in [0.717, 1.165) is 0 Å². The molecule has 2 heterocycles. The molecule has 0 aromatic carbocycles. The van der Waals surface area contributed by atoms with Crippen LogP contribution in [0.3, 0.4) is 0 Å². The van der Waals surface area contributed by atoms with Crippen molar-refractivity contribution in [3.8, 4) is 0 Å². The molecule has 11 N–H and O–H groups in total. The Morgan fingerprint density at radius 3 is 2.18 bits per heavy atom. The maximum absolute atomic E-state index is 13.3. The van der Waals surface area contributed by atoms with E-state index in [4.69, 9.17) is 44.9 Å². The van der Waals surface area contributed by atoms with E-state index in [1.54, 1.807) is 4.98 Å². The molecule has 0 bridgehead atoms. The number of hydrogen-bond acceptors (Lipinski definition) is 15. The van der Waals surface area contributed by atoms with Gasteiger partial charge in [-0.25, -0.2) is 13.9 Å². The normalized spacial score (nSPS) is 26.4. The second kappa shape index (κ2) is 14.0. The lowest BCUT2D eigenvalue weighted by Gasteiger charge is -2.22. The van der Waals surface area contributed by atoms with Crippen molar-refractivity contribution in [2.45, 2.75) is 49.0 Å². The highest BCUT2D eigenvalue weighted by molar-refractivity contribution is 7.60. The molecule has 0 aliphatic carbocycles. The van der Waals surface area contributed by atoms with Crippen LogP contribution < -0.4 is 11.2 Å². The van der Waals surface area contributed by atoms with Crippen molar-refractivity contribution >= 4 is 21.9 Å². The fourth-order valence-electron chi connectivity index (χ4n) is 2.69. The van der Waals surface area contributed by atoms with E-state index < -0.39 is 94.9 Å². The molecule has 23 heteroatoms. The molecule has 2 rings (SSSR count). The van der Waals surface area contributed by atoms with Crippen molar-refractivity contribution in [3.63, 3.8) is 0 Å². The van der Waals surface area contributed by atoms with Gasteiger partial charge in [-0.05, 0) is 0 Å². The first-order valence-electron chi connectivity index (χ1n) is 9.90. The van der Waals surface area contributed by atoms with Crippen molar-refractivity contribution in [2.24, 2.45) is 0 Å². The van der Waals surface area contributed by atoms with E-state index in [9.17, 15) is 38.1 Å². The number of hydrogen-bond donors (Lipinski definition) is 11. The summed E-state index contributed by atoms with van der Waals surface area (Å²) in [5.74, 6) is -1.38. The fourth-order valence-corrected chi connectivity index (χ4v) is 4.29. The molecule has 1 aromatic rings. The lowest BCUT2D eigenvalue weighted by molar-refractivity contribution is -0.136. The molecule has 9 unspecified atom stereocenters. The summed E-state index contributed by atoms with van der Waals surface area (Å²) >= 11 is 0. The SMILES string of the molecule is O=CC(O)C(O)C(O)C(O)CO.O=c1[nH]c(=O)n(C2OC(COP(=O)(O)OP(=O)(O)O)C(O)C2O)cc1F. The first-order valence-corrected chi connectivity index (χ1v) is 12.9. The Bertz CT molecular complexity index is 1140. The van der Waals surface area contributed by atoms with Gasteiger partial charge in [0.15, 0.2) is 12.5 Å². The summed E-state index contributed by atoms with van der Waals surface area (Å²) in [7, 11) is -10.6. The van der Waals surface area contributed by atoms with Crippen LogP contribution in [-0.2, 0) is 27.5 Å². The number of ether oxygens (including phenoxy) is 1. The number of aliphatic hydroxyl groups is 7. The van der Waals surface area contributed by atoms with Gasteiger partial charge >= 0.3 is 21.3 Å². The molecule has 9 atom stereocenters. The number of phosphoric acid groups is 2. The zero-order valence-corrected chi connectivity index (χ0v) is 20.4. The quantitative estimate of drug-likeness (QED) is 0.0829. The van der Waals surface area contributed by atoms with Crippen LogP contribution in [0.4, 0.5) is 4.39 Å². The lowest BCUT2D eigenvalue weighted by atomic mass is 10.0. The number of aliphatic hydroxyl groups excluding tert-OH is 7. The Balaban J connectivity index is 0.000000508. The van der Waals surface area contributed by atoms with Gasteiger partial charge in [0.05, 0.1) is 19.4 Å². The third kappa shape index (κ3) is 9.75. The average molecular weight is 602 g/mol. The first-order chi connectivity index (χ1) is 17.3. The van der Waals surface area contributed by atoms with E-state index in [2.05, 4.69) is 8.83 Å². The Labute approximate surface area is 209 Å². The molecule has 0 spiro atoms. The number of H-pyrrole nitrogens is 1. The topological polar surface area (TPSA) is 336 Å². The Kier molecular flexibility index (Phi) is 12.6. The monoisotopic (exact) mass is 602 g/mol. The number of carbonyl (C=O) groups excluding carboxylic acids is 1. The van der Waals surface area contributed by atoms with Crippen LogP contribution in [0.1, 0.15) is 6.23 Å². The minimum absolute atomic E-state index is 0.0258. The van der Waals surface area contributed by atoms with Crippen molar-refractivity contribution < 1.29 is 82.3 Å². The molecule has 220 valence electrons. The summed E-state index contributed by atoms with van der Waals surface area (Å²) in [6.45, 7) is -1.76. The predicted octanol–water partition coefficient (Wildman–Crippen LogP) is -5.86. The third-order valence-electron chi connectivity index (χ3n) is 4.57. The number of halogens is 1. The molecule has 1 fully saturated rings. The smallest absolute Gasteiger partial charge is 0.394 e. The molecular formula is C15H25FN2O18P2. The third-order valence-corrected chi connectivity index (χ3v) is 6.72. The molecule has 0 amide bonds. The van der Waals surface area contributed by atoms with Crippen LogP contribution in [0.2, 0.25) is 0 Å². The van der Waals surface area contributed by atoms with Gasteiger partial charge in [-0.15, -0.1) is 0 Å². The van der Waals surface area contributed by atoms with Gasteiger partial charge in [0, 0.05) is 0 Å². The highest BCUT2D eigenvalue weighted by Gasteiger charge is 2.46. The van der Waals surface area contributed by atoms with Gasteiger partial charge in [-0.1, -0.05) is 0 Å². The average Bonchev–Trinajstić information content (AvgIpc) is 3.10. The maximum atomic E-state index is 13.3. The Hall–Kier alpha value is -1.78.